The Morgan fingerprint density at radius 3 is 3.00 bits per heavy atom. The van der Waals surface area contributed by atoms with E-state index in [4.69, 9.17) is 4.74 Å². The van der Waals surface area contributed by atoms with Gasteiger partial charge in [0.05, 0.1) is 17.8 Å². The number of nitrogens with zero attached hydrogens (tertiary/aromatic N) is 2. The molecule has 0 bridgehead atoms. The smallest absolute Gasteiger partial charge is 0.265 e. The van der Waals surface area contributed by atoms with Gasteiger partial charge in [-0.05, 0) is 30.8 Å². The molecule has 1 heterocycles. The van der Waals surface area contributed by atoms with E-state index >= 15 is 0 Å². The minimum atomic E-state index is -0.649. The van der Waals surface area contributed by atoms with Gasteiger partial charge in [0.2, 0.25) is 0 Å². The lowest BCUT2D eigenvalue weighted by Crippen LogP contribution is -2.43. The summed E-state index contributed by atoms with van der Waals surface area (Å²) in [4.78, 5) is 12.7. The first-order valence-electron chi connectivity index (χ1n) is 6.50. The number of ether oxygens (including phenoxy) is 1. The summed E-state index contributed by atoms with van der Waals surface area (Å²) >= 11 is 1.10. The van der Waals surface area contributed by atoms with Crippen molar-refractivity contribution in [2.45, 2.75) is 50.9 Å². The van der Waals surface area contributed by atoms with Crippen molar-refractivity contribution in [3.8, 4) is 0 Å². The van der Waals surface area contributed by atoms with Crippen molar-refractivity contribution in [3.63, 3.8) is 0 Å². The monoisotopic (exact) mass is 285 g/mol. The molecule has 0 spiro atoms. The molecule has 1 saturated carbocycles. The Balaban J connectivity index is 1.99. The second-order valence-electron chi connectivity index (χ2n) is 4.72. The molecule has 2 N–H and O–H groups in total. The lowest BCUT2D eigenvalue weighted by Gasteiger charge is -2.19. The molecule has 0 aliphatic heterocycles. The molecule has 3 atom stereocenters. The van der Waals surface area contributed by atoms with Gasteiger partial charge in [0, 0.05) is 7.11 Å². The topological polar surface area (TPSA) is 84.3 Å². The van der Waals surface area contributed by atoms with Gasteiger partial charge in [0.15, 0.2) is 0 Å². The van der Waals surface area contributed by atoms with E-state index in [1.54, 1.807) is 7.11 Å². The van der Waals surface area contributed by atoms with Gasteiger partial charge < -0.3 is 15.2 Å². The molecule has 0 radical (unpaired) electrons. The third-order valence-corrected chi connectivity index (χ3v) is 4.19. The van der Waals surface area contributed by atoms with Crippen LogP contribution < -0.4 is 5.32 Å². The molecule has 2 rings (SSSR count). The Hall–Kier alpha value is -1.05. The number of aromatic nitrogens is 2. The maximum Gasteiger partial charge on any atom is 0.265 e. The number of aliphatic hydroxyl groups is 1. The van der Waals surface area contributed by atoms with Crippen LogP contribution in [-0.2, 0) is 11.2 Å². The quantitative estimate of drug-likeness (QED) is 0.834. The minimum Gasteiger partial charge on any atom is -0.388 e. The van der Waals surface area contributed by atoms with E-state index in [9.17, 15) is 9.90 Å². The Bertz CT molecular complexity index is 438. The molecule has 7 heteroatoms. The first kappa shape index (κ1) is 14.4. The first-order valence-corrected chi connectivity index (χ1v) is 7.27. The van der Waals surface area contributed by atoms with Crippen molar-refractivity contribution in [1.29, 1.82) is 0 Å². The fourth-order valence-electron chi connectivity index (χ4n) is 2.37. The van der Waals surface area contributed by atoms with Crippen molar-refractivity contribution in [2.24, 2.45) is 0 Å². The molecule has 106 valence electrons. The van der Waals surface area contributed by atoms with Crippen LogP contribution in [0.1, 0.15) is 41.6 Å². The number of carbonyl (C=O) groups is 1. The molecule has 19 heavy (non-hydrogen) atoms. The summed E-state index contributed by atoms with van der Waals surface area (Å²) < 4.78 is 9.00. The number of amides is 1. The zero-order valence-electron chi connectivity index (χ0n) is 11.1. The van der Waals surface area contributed by atoms with E-state index in [2.05, 4.69) is 14.9 Å². The molecule has 1 aromatic rings. The van der Waals surface area contributed by atoms with Crippen LogP contribution in [0.25, 0.3) is 0 Å². The second-order valence-corrected chi connectivity index (χ2v) is 5.47. The van der Waals surface area contributed by atoms with E-state index in [0.29, 0.717) is 4.88 Å². The van der Waals surface area contributed by atoms with Gasteiger partial charge in [-0.15, -0.1) is 5.10 Å². The maximum absolute atomic E-state index is 12.2. The van der Waals surface area contributed by atoms with Gasteiger partial charge >= 0.3 is 0 Å². The number of carbonyl (C=O) groups excluding carboxylic acids is 1. The van der Waals surface area contributed by atoms with Crippen LogP contribution in [-0.4, -0.2) is 46.0 Å². The SMILES string of the molecule is CCCc1nnsc1C(=O)N[C@@H]1CC[C@@H](OC)[C@@H]1O. The van der Waals surface area contributed by atoms with Crippen LogP contribution in [0.4, 0.5) is 0 Å². The van der Waals surface area contributed by atoms with Crippen LogP contribution in [0.2, 0.25) is 0 Å². The zero-order chi connectivity index (χ0) is 13.8. The highest BCUT2D eigenvalue weighted by molar-refractivity contribution is 7.08. The number of aryl methyl sites for hydroxylation is 1. The van der Waals surface area contributed by atoms with Crippen LogP contribution in [0.5, 0.6) is 0 Å². The molecule has 1 aliphatic rings. The van der Waals surface area contributed by atoms with E-state index in [1.807, 2.05) is 6.92 Å². The number of nitrogens with one attached hydrogen (secondary N) is 1. The van der Waals surface area contributed by atoms with Crippen LogP contribution in [0, 0.1) is 0 Å². The summed E-state index contributed by atoms with van der Waals surface area (Å²) in [6.07, 6.45) is 2.30. The number of methoxy groups -OCH3 is 1. The number of aliphatic hydroxyl groups excluding tert-OH is 1. The Kier molecular flexibility index (Phi) is 4.84. The summed E-state index contributed by atoms with van der Waals surface area (Å²) in [7, 11) is 1.57. The average molecular weight is 285 g/mol. The molecular weight excluding hydrogens is 266 g/mol. The Morgan fingerprint density at radius 1 is 1.58 bits per heavy atom. The average Bonchev–Trinajstić information content (AvgIpc) is 2.98. The van der Waals surface area contributed by atoms with E-state index < -0.39 is 6.10 Å². The summed E-state index contributed by atoms with van der Waals surface area (Å²) in [6.45, 7) is 2.03. The molecule has 1 aliphatic carbocycles. The summed E-state index contributed by atoms with van der Waals surface area (Å²) in [5.74, 6) is -0.195. The van der Waals surface area contributed by atoms with Gasteiger partial charge in [0.1, 0.15) is 11.0 Å². The standard InChI is InChI=1S/C12H19N3O3S/c1-3-4-8-11(19-15-14-8)12(17)13-7-5-6-9(18-2)10(7)16/h7,9-10,16H,3-6H2,1-2H3,(H,13,17)/t7-,9-,10-/m1/s1. The first-order chi connectivity index (χ1) is 9.17. The van der Waals surface area contributed by atoms with E-state index in [1.165, 1.54) is 0 Å². The number of hydrogen-bond donors (Lipinski definition) is 2. The van der Waals surface area contributed by atoms with Crippen molar-refractivity contribution in [2.75, 3.05) is 7.11 Å². The molecule has 6 nitrogen and oxygen atoms in total. The molecular formula is C12H19N3O3S. The fraction of sp³-hybridized carbons (Fsp3) is 0.750. The van der Waals surface area contributed by atoms with Crippen molar-refractivity contribution in [3.05, 3.63) is 10.6 Å². The second kappa shape index (κ2) is 6.40. The van der Waals surface area contributed by atoms with Gasteiger partial charge in [-0.25, -0.2) is 0 Å². The molecule has 0 unspecified atom stereocenters. The van der Waals surface area contributed by atoms with Crippen LogP contribution in [0.3, 0.4) is 0 Å². The zero-order valence-corrected chi connectivity index (χ0v) is 11.9. The largest absolute Gasteiger partial charge is 0.388 e. The van der Waals surface area contributed by atoms with Gasteiger partial charge in [0.25, 0.3) is 5.91 Å². The molecule has 1 fully saturated rings. The number of hydrogen-bond acceptors (Lipinski definition) is 6. The Morgan fingerprint density at radius 2 is 2.37 bits per heavy atom. The van der Waals surface area contributed by atoms with Crippen LogP contribution >= 0.6 is 11.5 Å². The summed E-state index contributed by atoms with van der Waals surface area (Å²) in [6, 6.07) is -0.256. The van der Waals surface area contributed by atoms with Gasteiger partial charge in [-0.2, -0.15) is 0 Å². The lowest BCUT2D eigenvalue weighted by atomic mass is 10.2. The predicted octanol–water partition coefficient (Wildman–Crippen LogP) is 0.759. The molecule has 1 aromatic heterocycles. The highest BCUT2D eigenvalue weighted by atomic mass is 32.1. The van der Waals surface area contributed by atoms with E-state index in [-0.39, 0.29) is 18.1 Å². The molecule has 0 aromatic carbocycles. The van der Waals surface area contributed by atoms with Gasteiger partial charge in [-0.3, -0.25) is 4.79 Å². The molecule has 1 amide bonds. The van der Waals surface area contributed by atoms with Crippen LogP contribution in [0.15, 0.2) is 0 Å². The number of rotatable bonds is 5. The predicted molar refractivity (Wildman–Crippen MR) is 71.2 cm³/mol. The van der Waals surface area contributed by atoms with Crippen molar-refractivity contribution >= 4 is 17.4 Å². The highest BCUT2D eigenvalue weighted by Gasteiger charge is 2.36. The Labute approximate surface area is 116 Å². The fourth-order valence-corrected chi connectivity index (χ4v) is 2.99. The lowest BCUT2D eigenvalue weighted by molar-refractivity contribution is 0.000224. The highest BCUT2D eigenvalue weighted by Crippen LogP contribution is 2.23. The van der Waals surface area contributed by atoms with Crippen molar-refractivity contribution in [1.82, 2.24) is 14.9 Å². The van der Waals surface area contributed by atoms with Crippen molar-refractivity contribution < 1.29 is 14.6 Å². The minimum absolute atomic E-state index is 0.194. The third kappa shape index (κ3) is 3.10. The maximum atomic E-state index is 12.2. The summed E-state index contributed by atoms with van der Waals surface area (Å²) in [5.41, 5.74) is 0.737. The van der Waals surface area contributed by atoms with Gasteiger partial charge in [-0.1, -0.05) is 17.8 Å². The van der Waals surface area contributed by atoms with E-state index in [0.717, 1.165) is 42.9 Å². The third-order valence-electron chi connectivity index (χ3n) is 3.42. The normalized spacial score (nSPS) is 26.6. The molecule has 0 saturated heterocycles. The summed E-state index contributed by atoms with van der Waals surface area (Å²) in [5, 5.41) is 16.8.